The molecule has 4 rings (SSSR count). The second kappa shape index (κ2) is 9.63. The minimum absolute atomic E-state index is 0.0854. The normalized spacial score (nSPS) is 18.6. The smallest absolute Gasteiger partial charge is 0.221 e. The lowest BCUT2D eigenvalue weighted by molar-refractivity contribution is -0.114. The van der Waals surface area contributed by atoms with Crippen LogP contribution >= 0.6 is 0 Å². The van der Waals surface area contributed by atoms with Gasteiger partial charge in [0.15, 0.2) is 0 Å². The summed E-state index contributed by atoms with van der Waals surface area (Å²) in [4.78, 5) is 13.6. The molecule has 0 aromatic heterocycles. The Hall–Kier alpha value is -3.38. The molecule has 0 radical (unpaired) electrons. The number of para-hydroxylation sites is 1. The molecule has 0 unspecified atom stereocenters. The van der Waals surface area contributed by atoms with E-state index in [9.17, 15) is 14.3 Å². The van der Waals surface area contributed by atoms with Crippen LogP contribution in [0.4, 0.5) is 15.8 Å². The van der Waals surface area contributed by atoms with Crippen LogP contribution in [0.2, 0.25) is 0 Å². The summed E-state index contributed by atoms with van der Waals surface area (Å²) in [5.41, 5.74) is 10.1. The molecule has 172 valence electrons. The van der Waals surface area contributed by atoms with E-state index in [0.29, 0.717) is 22.6 Å². The lowest BCUT2D eigenvalue weighted by Gasteiger charge is -2.27. The van der Waals surface area contributed by atoms with Gasteiger partial charge in [-0.3, -0.25) is 4.79 Å². The first kappa shape index (κ1) is 22.8. The molecule has 6 heteroatoms. The van der Waals surface area contributed by atoms with Crippen molar-refractivity contribution in [3.63, 3.8) is 0 Å². The van der Waals surface area contributed by atoms with Gasteiger partial charge in [-0.25, -0.2) is 4.39 Å². The van der Waals surface area contributed by atoms with Gasteiger partial charge in [-0.1, -0.05) is 43.3 Å². The third-order valence-electron chi connectivity index (χ3n) is 6.17. The Bertz CT molecular complexity index is 1150. The van der Waals surface area contributed by atoms with Crippen molar-refractivity contribution in [3.05, 3.63) is 66.5 Å². The number of carbonyl (C=O) groups is 1. The summed E-state index contributed by atoms with van der Waals surface area (Å²) in [5.74, 6) is -0.246. The summed E-state index contributed by atoms with van der Waals surface area (Å²) < 4.78 is 14.5. The fraction of sp³-hybridized carbons (Fsp3) is 0.296. The first-order chi connectivity index (χ1) is 15.8. The highest BCUT2D eigenvalue weighted by Gasteiger charge is 2.21. The molecule has 5 nitrogen and oxygen atoms in total. The van der Waals surface area contributed by atoms with Crippen LogP contribution in [0.5, 0.6) is 5.75 Å². The van der Waals surface area contributed by atoms with Crippen LogP contribution in [-0.2, 0) is 4.79 Å². The molecule has 1 amide bonds. The Morgan fingerprint density at radius 2 is 1.73 bits per heavy atom. The minimum atomic E-state index is -0.555. The van der Waals surface area contributed by atoms with Crippen molar-refractivity contribution in [2.24, 2.45) is 11.7 Å². The Labute approximate surface area is 194 Å². The van der Waals surface area contributed by atoms with Crippen molar-refractivity contribution in [1.29, 1.82) is 0 Å². The van der Waals surface area contributed by atoms with Crippen LogP contribution in [0, 0.1) is 11.7 Å². The van der Waals surface area contributed by atoms with Crippen LogP contribution in [0.15, 0.2) is 60.7 Å². The summed E-state index contributed by atoms with van der Waals surface area (Å²) in [6.07, 6.45) is 2.15. The lowest BCUT2D eigenvalue weighted by atomic mass is 9.96. The van der Waals surface area contributed by atoms with Gasteiger partial charge in [0, 0.05) is 42.9 Å². The van der Waals surface area contributed by atoms with E-state index < -0.39 is 5.82 Å². The average molecular weight is 448 g/mol. The fourth-order valence-electron chi connectivity index (χ4n) is 4.48. The van der Waals surface area contributed by atoms with Crippen LogP contribution in [0.25, 0.3) is 22.3 Å². The molecule has 0 saturated carbocycles. The summed E-state index contributed by atoms with van der Waals surface area (Å²) >= 11 is 0. The van der Waals surface area contributed by atoms with E-state index in [2.05, 4.69) is 29.3 Å². The fourth-order valence-corrected chi connectivity index (χ4v) is 4.48. The van der Waals surface area contributed by atoms with Gasteiger partial charge in [0.25, 0.3) is 0 Å². The molecule has 33 heavy (non-hydrogen) atoms. The standard InChI is InChI=1S/C27H30FN3O2/c1-17-9-11-21(29)16-31(15-17)22-6-3-5-19(13-22)23-7-4-8-24(27(23)33)20-10-12-26(25(28)14-20)30-18(2)32/h3-8,10,12-14,17,21,33H,9,11,15-16,29H2,1-2H3,(H,30,32)/t17-,21+/m1/s1. The maximum absolute atomic E-state index is 14.5. The number of carbonyl (C=O) groups excluding carboxylic acids is 1. The molecule has 1 aliphatic rings. The SMILES string of the molecule is CC(=O)Nc1ccc(-c2cccc(-c3cccc(N4C[C@H](C)CC[C@H](N)C4)c3)c2O)cc1F. The third kappa shape index (κ3) is 5.17. The Morgan fingerprint density at radius 3 is 2.42 bits per heavy atom. The number of amides is 1. The van der Waals surface area contributed by atoms with Crippen LogP contribution in [0.3, 0.4) is 0 Å². The number of halogens is 1. The number of hydrogen-bond donors (Lipinski definition) is 3. The maximum Gasteiger partial charge on any atom is 0.221 e. The first-order valence-corrected chi connectivity index (χ1v) is 11.3. The van der Waals surface area contributed by atoms with Gasteiger partial charge >= 0.3 is 0 Å². The Kier molecular flexibility index (Phi) is 6.65. The van der Waals surface area contributed by atoms with Crippen LogP contribution in [0.1, 0.15) is 26.7 Å². The highest BCUT2D eigenvalue weighted by Crippen LogP contribution is 2.39. The largest absolute Gasteiger partial charge is 0.507 e. The van der Waals surface area contributed by atoms with Crippen molar-refractivity contribution in [2.75, 3.05) is 23.3 Å². The molecule has 1 fully saturated rings. The van der Waals surface area contributed by atoms with Crippen molar-refractivity contribution < 1.29 is 14.3 Å². The zero-order valence-electron chi connectivity index (χ0n) is 19.0. The molecule has 1 heterocycles. The molecule has 3 aromatic rings. The number of phenolic OH excluding ortho intramolecular Hbond substituents is 1. The minimum Gasteiger partial charge on any atom is -0.507 e. The van der Waals surface area contributed by atoms with Crippen molar-refractivity contribution >= 4 is 17.3 Å². The Balaban J connectivity index is 1.68. The van der Waals surface area contributed by atoms with E-state index in [0.717, 1.165) is 37.2 Å². The number of nitrogens with two attached hydrogens (primary N) is 1. The number of hydrogen-bond acceptors (Lipinski definition) is 4. The van der Waals surface area contributed by atoms with Gasteiger partial charge in [0.2, 0.25) is 5.91 Å². The van der Waals surface area contributed by atoms with E-state index in [4.69, 9.17) is 5.73 Å². The molecule has 4 N–H and O–H groups in total. The molecular formula is C27H30FN3O2. The predicted octanol–water partition coefficient (Wildman–Crippen LogP) is 5.39. The van der Waals surface area contributed by atoms with Crippen molar-refractivity contribution in [2.45, 2.75) is 32.7 Å². The molecule has 0 aliphatic carbocycles. The predicted molar refractivity (Wildman–Crippen MR) is 132 cm³/mol. The summed E-state index contributed by atoms with van der Waals surface area (Å²) in [6, 6.07) is 18.2. The summed E-state index contributed by atoms with van der Waals surface area (Å²) in [5, 5.41) is 13.6. The number of aromatic hydroxyl groups is 1. The van der Waals surface area contributed by atoms with Gasteiger partial charge in [0.05, 0.1) is 5.69 Å². The second-order valence-electron chi connectivity index (χ2n) is 8.98. The molecular weight excluding hydrogens is 417 g/mol. The van der Waals surface area contributed by atoms with E-state index in [1.807, 2.05) is 24.3 Å². The molecule has 1 saturated heterocycles. The van der Waals surface area contributed by atoms with Crippen molar-refractivity contribution in [3.8, 4) is 28.0 Å². The highest BCUT2D eigenvalue weighted by atomic mass is 19.1. The number of anilines is 2. The van der Waals surface area contributed by atoms with Gasteiger partial charge in [-0.05, 0) is 54.2 Å². The quantitative estimate of drug-likeness (QED) is 0.501. The average Bonchev–Trinajstić information content (AvgIpc) is 2.96. The summed E-state index contributed by atoms with van der Waals surface area (Å²) in [6.45, 7) is 5.33. The molecule has 1 aliphatic heterocycles. The summed E-state index contributed by atoms with van der Waals surface area (Å²) in [7, 11) is 0. The van der Waals surface area contributed by atoms with E-state index in [-0.39, 0.29) is 23.4 Å². The number of benzene rings is 3. The first-order valence-electron chi connectivity index (χ1n) is 11.3. The number of nitrogens with zero attached hydrogens (tertiary/aromatic N) is 1. The van der Waals surface area contributed by atoms with E-state index in [1.54, 1.807) is 12.1 Å². The van der Waals surface area contributed by atoms with Crippen LogP contribution < -0.4 is 16.0 Å². The lowest BCUT2D eigenvalue weighted by Crippen LogP contribution is -2.36. The van der Waals surface area contributed by atoms with Gasteiger partial charge in [0.1, 0.15) is 11.6 Å². The zero-order valence-corrected chi connectivity index (χ0v) is 19.0. The van der Waals surface area contributed by atoms with E-state index >= 15 is 0 Å². The highest BCUT2D eigenvalue weighted by molar-refractivity contribution is 5.89. The number of rotatable bonds is 4. The topological polar surface area (TPSA) is 78.6 Å². The van der Waals surface area contributed by atoms with Gasteiger partial charge < -0.3 is 21.1 Å². The molecule has 0 bridgehead atoms. The van der Waals surface area contributed by atoms with Gasteiger partial charge in [-0.15, -0.1) is 0 Å². The number of phenols is 1. The third-order valence-corrected chi connectivity index (χ3v) is 6.17. The number of nitrogens with one attached hydrogen (secondary N) is 1. The van der Waals surface area contributed by atoms with Gasteiger partial charge in [-0.2, -0.15) is 0 Å². The van der Waals surface area contributed by atoms with Crippen LogP contribution in [-0.4, -0.2) is 30.1 Å². The second-order valence-corrected chi connectivity index (χ2v) is 8.98. The molecule has 0 spiro atoms. The van der Waals surface area contributed by atoms with E-state index in [1.165, 1.54) is 19.1 Å². The Morgan fingerprint density at radius 1 is 1.03 bits per heavy atom. The van der Waals surface area contributed by atoms with Crippen molar-refractivity contribution in [1.82, 2.24) is 0 Å². The monoisotopic (exact) mass is 447 g/mol. The zero-order chi connectivity index (χ0) is 23.5. The molecule has 2 atom stereocenters. The molecule has 3 aromatic carbocycles. The maximum atomic E-state index is 14.5.